The summed E-state index contributed by atoms with van der Waals surface area (Å²) >= 11 is 11.6. The maximum Gasteiger partial charge on any atom is 0.331 e. The number of H-pyrrole nitrogens is 1. The smallest absolute Gasteiger partial charge is 0.331 e. The Morgan fingerprint density at radius 2 is 2.00 bits per heavy atom. The average Bonchev–Trinajstić information content (AvgIpc) is 3.14. The third kappa shape index (κ3) is 3.13. The van der Waals surface area contributed by atoms with E-state index >= 15 is 0 Å². The Bertz CT molecular complexity index is 758. The molecular formula is C16H14Cl2N2O4. The maximum atomic E-state index is 12.3. The molecule has 0 spiro atoms. The van der Waals surface area contributed by atoms with Crippen LogP contribution in [0.25, 0.3) is 0 Å². The fourth-order valence-electron chi connectivity index (χ4n) is 2.66. The quantitative estimate of drug-likeness (QED) is 0.773. The van der Waals surface area contributed by atoms with Crippen LogP contribution in [0.2, 0.25) is 10.2 Å². The van der Waals surface area contributed by atoms with E-state index in [9.17, 15) is 14.7 Å². The van der Waals surface area contributed by atoms with E-state index in [0.29, 0.717) is 0 Å². The molecule has 1 fully saturated rings. The number of aromatic nitrogens is 1. The first-order valence-electron chi connectivity index (χ1n) is 7.18. The molecule has 0 unspecified atom stereocenters. The highest BCUT2D eigenvalue weighted by Gasteiger charge is 2.48. The Morgan fingerprint density at radius 1 is 1.29 bits per heavy atom. The van der Waals surface area contributed by atoms with Crippen molar-refractivity contribution in [2.75, 3.05) is 6.61 Å². The van der Waals surface area contributed by atoms with Gasteiger partial charge in [0.25, 0.3) is 5.91 Å². The summed E-state index contributed by atoms with van der Waals surface area (Å²) in [6, 6.07) is 10.6. The monoisotopic (exact) mass is 368 g/mol. The molecule has 126 valence electrons. The minimum atomic E-state index is -1.51. The summed E-state index contributed by atoms with van der Waals surface area (Å²) in [5.74, 6) is -1.76. The van der Waals surface area contributed by atoms with Crippen molar-refractivity contribution in [3.8, 4) is 0 Å². The van der Waals surface area contributed by atoms with Crippen LogP contribution >= 0.6 is 23.2 Å². The lowest BCUT2D eigenvalue weighted by Gasteiger charge is -2.23. The van der Waals surface area contributed by atoms with Crippen LogP contribution in [0.1, 0.15) is 28.6 Å². The number of aliphatic carboxylic acids is 1. The third-order valence-electron chi connectivity index (χ3n) is 3.97. The number of ether oxygens (including phenoxy) is 1. The summed E-state index contributed by atoms with van der Waals surface area (Å²) in [4.78, 5) is 26.7. The van der Waals surface area contributed by atoms with Crippen molar-refractivity contribution in [3.63, 3.8) is 0 Å². The minimum absolute atomic E-state index is 0.0915. The first-order chi connectivity index (χ1) is 11.4. The van der Waals surface area contributed by atoms with E-state index in [4.69, 9.17) is 27.9 Å². The van der Waals surface area contributed by atoms with Crippen molar-refractivity contribution < 1.29 is 19.4 Å². The molecule has 1 aliphatic heterocycles. The van der Waals surface area contributed by atoms with Gasteiger partial charge in [0.1, 0.15) is 10.8 Å². The number of carboxylic acid groups (broad SMARTS) is 1. The number of carbonyl (C=O) groups is 2. The molecular weight excluding hydrogens is 355 g/mol. The van der Waals surface area contributed by atoms with Crippen LogP contribution in [-0.2, 0) is 9.53 Å². The molecule has 24 heavy (non-hydrogen) atoms. The lowest BCUT2D eigenvalue weighted by atomic mass is 9.93. The van der Waals surface area contributed by atoms with E-state index in [1.807, 2.05) is 30.3 Å². The molecule has 1 saturated heterocycles. The lowest BCUT2D eigenvalue weighted by Crippen LogP contribution is -2.55. The Labute approximate surface area is 147 Å². The number of rotatable bonds is 4. The minimum Gasteiger partial charge on any atom is -0.479 e. The van der Waals surface area contributed by atoms with Crippen molar-refractivity contribution in [2.45, 2.75) is 18.1 Å². The molecule has 1 aliphatic rings. The molecule has 2 atom stereocenters. The molecule has 3 N–H and O–H groups in total. The number of nitrogens with one attached hydrogen (secondary N) is 2. The summed E-state index contributed by atoms with van der Waals surface area (Å²) in [6.07, 6.45) is -0.279. The summed E-state index contributed by atoms with van der Waals surface area (Å²) in [5, 5.41) is 12.5. The van der Waals surface area contributed by atoms with Crippen LogP contribution in [0.5, 0.6) is 0 Å². The second kappa shape index (κ2) is 6.47. The molecule has 3 rings (SSSR count). The second-order valence-electron chi connectivity index (χ2n) is 5.60. The molecule has 6 nitrogen and oxygen atoms in total. The first kappa shape index (κ1) is 16.8. The van der Waals surface area contributed by atoms with Crippen LogP contribution in [0, 0.1) is 0 Å². The van der Waals surface area contributed by atoms with Gasteiger partial charge in [-0.05, 0) is 11.6 Å². The van der Waals surface area contributed by atoms with Gasteiger partial charge < -0.3 is 20.1 Å². The van der Waals surface area contributed by atoms with Crippen LogP contribution in [-0.4, -0.2) is 34.1 Å². The first-order valence-corrected chi connectivity index (χ1v) is 7.93. The largest absolute Gasteiger partial charge is 0.479 e. The zero-order valence-corrected chi connectivity index (χ0v) is 13.9. The Balaban J connectivity index is 1.80. The molecule has 2 aromatic rings. The summed E-state index contributed by atoms with van der Waals surface area (Å²) in [7, 11) is 0. The van der Waals surface area contributed by atoms with Crippen LogP contribution in [0.4, 0.5) is 0 Å². The summed E-state index contributed by atoms with van der Waals surface area (Å²) in [6.45, 7) is -0.129. The Hall–Kier alpha value is -2.02. The molecule has 0 saturated carbocycles. The predicted molar refractivity (Wildman–Crippen MR) is 88.4 cm³/mol. The topological polar surface area (TPSA) is 91.4 Å². The molecule has 1 aromatic heterocycles. The van der Waals surface area contributed by atoms with Gasteiger partial charge in [-0.15, -0.1) is 0 Å². The zero-order valence-electron chi connectivity index (χ0n) is 12.4. The van der Waals surface area contributed by atoms with Gasteiger partial charge in [0.15, 0.2) is 5.54 Å². The number of carbonyl (C=O) groups excluding carboxylic acids is 1. The SMILES string of the molecule is O=C(N[C@@]1(C(=O)O)CO[C@H](c2ccccc2)C1)c1cc(Cl)c(Cl)[nH]1. The maximum absolute atomic E-state index is 12.3. The molecule has 8 heteroatoms. The molecule has 0 bridgehead atoms. The van der Waals surface area contributed by atoms with E-state index in [0.717, 1.165) is 5.56 Å². The van der Waals surface area contributed by atoms with E-state index in [-0.39, 0.29) is 28.9 Å². The van der Waals surface area contributed by atoms with Crippen molar-refractivity contribution in [1.29, 1.82) is 0 Å². The number of halogens is 2. The predicted octanol–water partition coefficient (Wildman–Crippen LogP) is 3.04. The van der Waals surface area contributed by atoms with Gasteiger partial charge in [-0.3, -0.25) is 4.79 Å². The summed E-state index contributed by atoms with van der Waals surface area (Å²) in [5.41, 5.74) is -0.559. The van der Waals surface area contributed by atoms with Gasteiger partial charge >= 0.3 is 5.97 Å². The average molecular weight is 369 g/mol. The van der Waals surface area contributed by atoms with Gasteiger partial charge in [-0.25, -0.2) is 4.79 Å². The molecule has 0 radical (unpaired) electrons. The van der Waals surface area contributed by atoms with Crippen LogP contribution in [0.15, 0.2) is 36.4 Å². The number of amides is 1. The van der Waals surface area contributed by atoms with Gasteiger partial charge in [-0.2, -0.15) is 0 Å². The van der Waals surface area contributed by atoms with E-state index in [1.54, 1.807) is 0 Å². The van der Waals surface area contributed by atoms with Crippen molar-refractivity contribution >= 4 is 35.1 Å². The third-order valence-corrected chi connectivity index (χ3v) is 4.66. The fourth-order valence-corrected chi connectivity index (χ4v) is 2.97. The van der Waals surface area contributed by atoms with E-state index < -0.39 is 23.5 Å². The van der Waals surface area contributed by atoms with Gasteiger partial charge in [0.2, 0.25) is 0 Å². The van der Waals surface area contributed by atoms with Crippen molar-refractivity contribution in [3.05, 3.63) is 57.8 Å². The number of carboxylic acids is 1. The number of benzene rings is 1. The normalized spacial score (nSPS) is 23.2. The van der Waals surface area contributed by atoms with Crippen LogP contribution < -0.4 is 5.32 Å². The zero-order chi connectivity index (χ0) is 17.3. The summed E-state index contributed by atoms with van der Waals surface area (Å²) < 4.78 is 5.62. The highest BCUT2D eigenvalue weighted by atomic mass is 35.5. The second-order valence-corrected chi connectivity index (χ2v) is 6.39. The number of hydrogen-bond donors (Lipinski definition) is 3. The fraction of sp³-hybridized carbons (Fsp3) is 0.250. The highest BCUT2D eigenvalue weighted by molar-refractivity contribution is 6.41. The standard InChI is InChI=1S/C16H14Cl2N2O4/c17-10-6-11(19-13(10)18)14(21)20-16(15(22)23)7-12(24-8-16)9-4-2-1-3-5-9/h1-6,12,19H,7-8H2,(H,20,21)(H,22,23)/t12-,16+/m0/s1. The van der Waals surface area contributed by atoms with E-state index in [1.165, 1.54) is 6.07 Å². The molecule has 2 heterocycles. The lowest BCUT2D eigenvalue weighted by molar-refractivity contribution is -0.144. The van der Waals surface area contributed by atoms with Crippen molar-refractivity contribution in [1.82, 2.24) is 10.3 Å². The van der Waals surface area contributed by atoms with Gasteiger partial charge in [0, 0.05) is 6.42 Å². The molecule has 1 amide bonds. The Kier molecular flexibility index (Phi) is 4.54. The number of hydrogen-bond acceptors (Lipinski definition) is 3. The van der Waals surface area contributed by atoms with E-state index in [2.05, 4.69) is 10.3 Å². The van der Waals surface area contributed by atoms with Crippen LogP contribution in [0.3, 0.4) is 0 Å². The molecule has 1 aromatic carbocycles. The van der Waals surface area contributed by atoms with Gasteiger partial charge in [0.05, 0.1) is 17.7 Å². The number of aromatic amines is 1. The van der Waals surface area contributed by atoms with Gasteiger partial charge in [-0.1, -0.05) is 53.5 Å². The highest BCUT2D eigenvalue weighted by Crippen LogP contribution is 2.35. The molecule has 0 aliphatic carbocycles. The van der Waals surface area contributed by atoms with Crippen molar-refractivity contribution in [2.24, 2.45) is 0 Å². The Morgan fingerprint density at radius 3 is 2.58 bits per heavy atom.